The Kier molecular flexibility index (Phi) is 3.67. The third-order valence-corrected chi connectivity index (χ3v) is 5.85. The van der Waals surface area contributed by atoms with Gasteiger partial charge in [0.05, 0.1) is 0 Å². The van der Waals surface area contributed by atoms with E-state index in [1.807, 2.05) is 13.0 Å². The molecule has 0 aliphatic carbocycles. The molecule has 0 fully saturated rings. The molecule has 7 nitrogen and oxygen atoms in total. The Labute approximate surface area is 131 Å². The van der Waals surface area contributed by atoms with Gasteiger partial charge in [-0.1, -0.05) is 12.1 Å². The fourth-order valence-electron chi connectivity index (χ4n) is 1.96. The largest absolute Gasteiger partial charge is 0.279 e. The molecule has 2 aromatic heterocycles. The van der Waals surface area contributed by atoms with E-state index in [9.17, 15) is 8.42 Å². The number of sulfonamides is 1. The second kappa shape index (κ2) is 5.50. The van der Waals surface area contributed by atoms with Crippen LogP contribution in [0.25, 0.3) is 11.4 Å². The first-order chi connectivity index (χ1) is 10.5. The molecule has 0 spiro atoms. The summed E-state index contributed by atoms with van der Waals surface area (Å²) in [4.78, 5) is 0.944. The molecule has 3 rings (SSSR count). The van der Waals surface area contributed by atoms with Crippen molar-refractivity contribution in [2.45, 2.75) is 11.1 Å². The molecule has 3 aromatic rings. The number of tetrazole rings is 1. The SMILES string of the molecule is Cc1ccc(S(=O)(=O)Nc2cccc(-c3nnnn3C)c2)s1. The van der Waals surface area contributed by atoms with Gasteiger partial charge in [0.15, 0.2) is 5.82 Å². The van der Waals surface area contributed by atoms with E-state index in [0.29, 0.717) is 11.5 Å². The van der Waals surface area contributed by atoms with E-state index in [1.54, 1.807) is 37.4 Å². The molecule has 0 aliphatic heterocycles. The van der Waals surface area contributed by atoms with E-state index in [2.05, 4.69) is 20.2 Å². The lowest BCUT2D eigenvalue weighted by Crippen LogP contribution is -2.11. The van der Waals surface area contributed by atoms with E-state index >= 15 is 0 Å². The number of hydrogen-bond donors (Lipinski definition) is 1. The lowest BCUT2D eigenvalue weighted by atomic mass is 10.2. The standard InChI is InChI=1S/C13H13N5O2S2/c1-9-6-7-12(21-9)22(19,20)15-11-5-3-4-10(8-11)13-14-16-17-18(13)2/h3-8,15H,1-2H3. The van der Waals surface area contributed by atoms with Gasteiger partial charge < -0.3 is 0 Å². The predicted octanol–water partition coefficient (Wildman–Crippen LogP) is 2.05. The molecule has 0 saturated carbocycles. The monoisotopic (exact) mass is 335 g/mol. The highest BCUT2D eigenvalue weighted by Crippen LogP contribution is 2.25. The molecular formula is C13H13N5O2S2. The minimum Gasteiger partial charge on any atom is -0.279 e. The van der Waals surface area contributed by atoms with E-state index in [0.717, 1.165) is 10.4 Å². The quantitative estimate of drug-likeness (QED) is 0.788. The van der Waals surface area contributed by atoms with E-state index in [4.69, 9.17) is 0 Å². The van der Waals surface area contributed by atoms with Crippen molar-refractivity contribution >= 4 is 27.0 Å². The van der Waals surface area contributed by atoms with Gasteiger partial charge >= 0.3 is 0 Å². The minimum atomic E-state index is -3.58. The molecule has 0 aliphatic rings. The van der Waals surface area contributed by atoms with Crippen LogP contribution in [-0.2, 0) is 17.1 Å². The smallest absolute Gasteiger partial charge is 0.271 e. The fourth-order valence-corrected chi connectivity index (χ4v) is 4.29. The Bertz CT molecular complexity index is 914. The summed E-state index contributed by atoms with van der Waals surface area (Å²) < 4.78 is 29.1. The summed E-state index contributed by atoms with van der Waals surface area (Å²) in [7, 11) is -1.86. The summed E-state index contributed by atoms with van der Waals surface area (Å²) in [6, 6.07) is 10.3. The van der Waals surface area contributed by atoms with Crippen LogP contribution in [0.2, 0.25) is 0 Å². The highest BCUT2D eigenvalue weighted by molar-refractivity contribution is 7.94. The maximum absolute atomic E-state index is 12.3. The zero-order valence-electron chi connectivity index (χ0n) is 11.9. The van der Waals surface area contributed by atoms with E-state index < -0.39 is 10.0 Å². The first kappa shape index (κ1) is 14.7. The van der Waals surface area contributed by atoms with Gasteiger partial charge in [-0.15, -0.1) is 16.4 Å². The van der Waals surface area contributed by atoms with E-state index in [-0.39, 0.29) is 4.21 Å². The van der Waals surface area contributed by atoms with E-state index in [1.165, 1.54) is 16.0 Å². The van der Waals surface area contributed by atoms with Gasteiger partial charge in [0.2, 0.25) is 0 Å². The number of nitrogens with zero attached hydrogens (tertiary/aromatic N) is 4. The molecule has 0 amide bonds. The summed E-state index contributed by atoms with van der Waals surface area (Å²) in [6.45, 7) is 1.87. The zero-order chi connectivity index (χ0) is 15.7. The molecule has 1 aromatic carbocycles. The fraction of sp³-hybridized carbons (Fsp3) is 0.154. The molecule has 0 radical (unpaired) electrons. The number of benzene rings is 1. The highest BCUT2D eigenvalue weighted by atomic mass is 32.2. The third kappa shape index (κ3) is 2.85. The number of aryl methyl sites for hydroxylation is 2. The normalized spacial score (nSPS) is 11.5. The van der Waals surface area contributed by atoms with Gasteiger partial charge in [-0.2, -0.15) is 0 Å². The molecular weight excluding hydrogens is 322 g/mol. The summed E-state index contributed by atoms with van der Waals surface area (Å²) >= 11 is 1.23. The first-order valence-electron chi connectivity index (χ1n) is 6.38. The summed E-state index contributed by atoms with van der Waals surface area (Å²) in [5.74, 6) is 0.563. The molecule has 2 heterocycles. The van der Waals surface area contributed by atoms with Crippen LogP contribution >= 0.6 is 11.3 Å². The Hall–Kier alpha value is -2.26. The first-order valence-corrected chi connectivity index (χ1v) is 8.68. The molecule has 9 heteroatoms. The second-order valence-corrected chi connectivity index (χ2v) is 7.87. The third-order valence-electron chi connectivity index (χ3n) is 2.97. The van der Waals surface area contributed by atoms with Gasteiger partial charge in [-0.25, -0.2) is 13.1 Å². The Balaban J connectivity index is 1.92. The molecule has 114 valence electrons. The maximum Gasteiger partial charge on any atom is 0.271 e. The number of rotatable bonds is 4. The van der Waals surface area contributed by atoms with Crippen molar-refractivity contribution < 1.29 is 8.42 Å². The van der Waals surface area contributed by atoms with Gasteiger partial charge in [0, 0.05) is 23.2 Å². The Morgan fingerprint density at radius 3 is 2.68 bits per heavy atom. The van der Waals surface area contributed by atoms with Crippen molar-refractivity contribution in [2.24, 2.45) is 7.05 Å². The predicted molar refractivity (Wildman–Crippen MR) is 84.1 cm³/mol. The van der Waals surface area contributed by atoms with Gasteiger partial charge in [0.1, 0.15) is 4.21 Å². The summed E-state index contributed by atoms with van der Waals surface area (Å²) in [6.07, 6.45) is 0. The molecule has 0 atom stereocenters. The Morgan fingerprint density at radius 2 is 2.05 bits per heavy atom. The van der Waals surface area contributed by atoms with Crippen molar-refractivity contribution in [2.75, 3.05) is 4.72 Å². The van der Waals surface area contributed by atoms with Crippen LogP contribution in [-0.4, -0.2) is 28.6 Å². The van der Waals surface area contributed by atoms with Crippen LogP contribution in [0.15, 0.2) is 40.6 Å². The van der Waals surface area contributed by atoms with Crippen LogP contribution < -0.4 is 4.72 Å². The van der Waals surface area contributed by atoms with Gasteiger partial charge in [-0.3, -0.25) is 4.72 Å². The number of hydrogen-bond acceptors (Lipinski definition) is 6. The molecule has 1 N–H and O–H groups in total. The second-order valence-electron chi connectivity index (χ2n) is 4.68. The van der Waals surface area contributed by atoms with Crippen LogP contribution in [0.5, 0.6) is 0 Å². The average Bonchev–Trinajstić information content (AvgIpc) is 3.07. The van der Waals surface area contributed by atoms with Crippen molar-refractivity contribution in [3.8, 4) is 11.4 Å². The van der Waals surface area contributed by atoms with Crippen molar-refractivity contribution in [3.63, 3.8) is 0 Å². The van der Waals surface area contributed by atoms with Crippen molar-refractivity contribution in [1.29, 1.82) is 0 Å². The molecule has 0 unspecified atom stereocenters. The maximum atomic E-state index is 12.3. The number of nitrogens with one attached hydrogen (secondary N) is 1. The Morgan fingerprint density at radius 1 is 1.23 bits per heavy atom. The summed E-state index contributed by atoms with van der Waals surface area (Å²) in [5.41, 5.74) is 1.20. The lowest BCUT2D eigenvalue weighted by Gasteiger charge is -2.07. The van der Waals surface area contributed by atoms with Crippen LogP contribution in [0, 0.1) is 6.92 Å². The average molecular weight is 335 g/mol. The van der Waals surface area contributed by atoms with Crippen LogP contribution in [0.3, 0.4) is 0 Å². The van der Waals surface area contributed by atoms with Crippen LogP contribution in [0.4, 0.5) is 5.69 Å². The van der Waals surface area contributed by atoms with Gasteiger partial charge in [0.25, 0.3) is 10.0 Å². The number of anilines is 1. The minimum absolute atomic E-state index is 0.288. The molecule has 0 bridgehead atoms. The number of thiophene rings is 1. The topological polar surface area (TPSA) is 89.8 Å². The lowest BCUT2D eigenvalue weighted by molar-refractivity contribution is 0.603. The van der Waals surface area contributed by atoms with Gasteiger partial charge in [-0.05, 0) is 41.6 Å². The van der Waals surface area contributed by atoms with Crippen LogP contribution in [0.1, 0.15) is 4.88 Å². The molecule has 22 heavy (non-hydrogen) atoms. The number of aromatic nitrogens is 4. The van der Waals surface area contributed by atoms with Crippen molar-refractivity contribution in [3.05, 3.63) is 41.3 Å². The van der Waals surface area contributed by atoms with Crippen molar-refractivity contribution in [1.82, 2.24) is 20.2 Å². The summed E-state index contributed by atoms with van der Waals surface area (Å²) in [5, 5.41) is 11.3. The molecule has 0 saturated heterocycles. The zero-order valence-corrected chi connectivity index (χ0v) is 13.5. The highest BCUT2D eigenvalue weighted by Gasteiger charge is 2.17.